The second kappa shape index (κ2) is 9.72. The maximum atomic E-state index is 13.9. The van der Waals surface area contributed by atoms with Crippen LogP contribution in [-0.4, -0.2) is 65.4 Å². The summed E-state index contributed by atoms with van der Waals surface area (Å²) in [4.78, 5) is 38.7. The Kier molecular flexibility index (Phi) is 6.54. The first-order valence-electron chi connectivity index (χ1n) is 11.9. The number of hydrogen-bond acceptors (Lipinski definition) is 8. The molecular weight excluding hydrogens is 519 g/mol. The summed E-state index contributed by atoms with van der Waals surface area (Å²) in [6, 6.07) is 2.40. The quantitative estimate of drug-likeness (QED) is 0.357. The van der Waals surface area contributed by atoms with Gasteiger partial charge in [-0.15, -0.1) is 0 Å². The van der Waals surface area contributed by atoms with Crippen molar-refractivity contribution in [1.29, 1.82) is 0 Å². The predicted molar refractivity (Wildman–Crippen MR) is 130 cm³/mol. The van der Waals surface area contributed by atoms with Crippen molar-refractivity contribution in [3.05, 3.63) is 59.2 Å². The maximum absolute atomic E-state index is 13.9. The molecule has 2 amide bonds. The number of fused-ring (bicyclic) bond motifs is 1. The smallest absolute Gasteiger partial charge is 0.364 e. The summed E-state index contributed by atoms with van der Waals surface area (Å²) in [5.41, 5.74) is 4.89. The van der Waals surface area contributed by atoms with E-state index in [9.17, 15) is 22.8 Å². The third-order valence-electron chi connectivity index (χ3n) is 6.63. The van der Waals surface area contributed by atoms with E-state index in [1.54, 1.807) is 6.92 Å². The average molecular weight is 544 g/mol. The van der Waals surface area contributed by atoms with Gasteiger partial charge in [-0.1, -0.05) is 0 Å². The first-order valence-corrected chi connectivity index (χ1v) is 11.9. The molecule has 4 aromatic rings. The molecule has 3 aromatic heterocycles. The molecule has 3 heterocycles. The van der Waals surface area contributed by atoms with Gasteiger partial charge in [0.1, 0.15) is 30.6 Å². The Bertz CT molecular complexity index is 1580. The van der Waals surface area contributed by atoms with Crippen LogP contribution in [0.15, 0.2) is 30.9 Å². The SMILES string of the molecule is COCn1nc2c(C(=O)N(C)C(C)c3ncnn3-c3cc(C(N)=O)ncn3)cc(C(F)(F)F)cc2c1C1CC1. The number of rotatable bonds is 8. The second-order valence-corrected chi connectivity index (χ2v) is 9.24. The zero-order chi connectivity index (χ0) is 28.1. The highest BCUT2D eigenvalue weighted by Gasteiger charge is 2.37. The molecule has 1 aromatic carbocycles. The Morgan fingerprint density at radius 3 is 2.56 bits per heavy atom. The Labute approximate surface area is 219 Å². The zero-order valence-electron chi connectivity index (χ0n) is 21.2. The third kappa shape index (κ3) is 4.80. The van der Waals surface area contributed by atoms with E-state index < -0.39 is 29.6 Å². The number of methoxy groups -OCH3 is 1. The number of carbonyl (C=O) groups excluding carboxylic acids is 2. The summed E-state index contributed by atoms with van der Waals surface area (Å²) < 4.78 is 49.8. The molecule has 1 fully saturated rings. The lowest BCUT2D eigenvalue weighted by Gasteiger charge is -2.25. The molecule has 39 heavy (non-hydrogen) atoms. The monoisotopic (exact) mass is 543 g/mol. The van der Waals surface area contributed by atoms with Gasteiger partial charge in [0.2, 0.25) is 0 Å². The zero-order valence-corrected chi connectivity index (χ0v) is 21.2. The van der Waals surface area contributed by atoms with Gasteiger partial charge in [-0.25, -0.2) is 19.6 Å². The molecular formula is C24H24F3N9O3. The average Bonchev–Trinajstić information content (AvgIpc) is 3.49. The molecule has 1 aliphatic carbocycles. The van der Waals surface area contributed by atoms with Crippen LogP contribution in [0.1, 0.15) is 69.7 Å². The van der Waals surface area contributed by atoms with Crippen LogP contribution in [-0.2, 0) is 17.6 Å². The van der Waals surface area contributed by atoms with Gasteiger partial charge in [0, 0.05) is 31.5 Å². The number of nitrogens with zero attached hydrogens (tertiary/aromatic N) is 8. The van der Waals surface area contributed by atoms with Gasteiger partial charge in [-0.2, -0.15) is 28.1 Å². The summed E-state index contributed by atoms with van der Waals surface area (Å²) in [7, 11) is 2.91. The lowest BCUT2D eigenvalue weighted by Crippen LogP contribution is -2.32. The van der Waals surface area contributed by atoms with Crippen molar-refractivity contribution < 1.29 is 27.5 Å². The number of benzene rings is 1. The summed E-state index contributed by atoms with van der Waals surface area (Å²) in [5, 5.41) is 8.89. The molecule has 0 radical (unpaired) electrons. The van der Waals surface area contributed by atoms with Gasteiger partial charge in [0.15, 0.2) is 11.6 Å². The van der Waals surface area contributed by atoms with Crippen LogP contribution in [0.4, 0.5) is 13.2 Å². The Balaban J connectivity index is 1.57. The highest BCUT2D eigenvalue weighted by Crippen LogP contribution is 2.45. The van der Waals surface area contributed by atoms with Crippen LogP contribution in [0.2, 0.25) is 0 Å². The number of ether oxygens (including phenoxy) is 1. The standard InChI is InChI=1S/C24H24F3N9O3/c1-12(22-31-10-32-36(22)18-8-17(21(28)37)29-9-30-18)34(2)23(38)16-7-14(24(25,26)27)6-15-19(16)33-35(11-39-3)20(15)13-4-5-13/h6-10,12-13H,4-5,11H2,1-3H3,(H2,28,37). The van der Waals surface area contributed by atoms with Gasteiger partial charge < -0.3 is 15.4 Å². The van der Waals surface area contributed by atoms with E-state index in [-0.39, 0.29) is 46.5 Å². The lowest BCUT2D eigenvalue weighted by molar-refractivity contribution is -0.137. The number of primary amides is 1. The summed E-state index contributed by atoms with van der Waals surface area (Å²) in [5.74, 6) is -1.00. The van der Waals surface area contributed by atoms with Crippen LogP contribution < -0.4 is 5.73 Å². The van der Waals surface area contributed by atoms with E-state index in [0.717, 1.165) is 31.3 Å². The number of nitrogens with two attached hydrogens (primary N) is 1. The fourth-order valence-corrected chi connectivity index (χ4v) is 4.43. The van der Waals surface area contributed by atoms with E-state index in [1.165, 1.54) is 40.8 Å². The highest BCUT2D eigenvalue weighted by atomic mass is 19.4. The number of hydrogen-bond donors (Lipinski definition) is 1. The first-order chi connectivity index (χ1) is 18.5. The van der Waals surface area contributed by atoms with Gasteiger partial charge in [-0.3, -0.25) is 9.59 Å². The molecule has 0 spiro atoms. The number of halogens is 3. The molecule has 5 rings (SSSR count). The summed E-state index contributed by atoms with van der Waals surface area (Å²) in [6.45, 7) is 1.68. The largest absolute Gasteiger partial charge is 0.416 e. The number of carbonyl (C=O) groups is 2. The molecule has 15 heteroatoms. The molecule has 0 bridgehead atoms. The van der Waals surface area contributed by atoms with Crippen molar-refractivity contribution in [2.45, 2.75) is 44.6 Å². The molecule has 1 saturated carbocycles. The van der Waals surface area contributed by atoms with Crippen molar-refractivity contribution >= 4 is 22.7 Å². The van der Waals surface area contributed by atoms with Crippen LogP contribution in [0.3, 0.4) is 0 Å². The van der Waals surface area contributed by atoms with Crippen LogP contribution in [0, 0.1) is 0 Å². The van der Waals surface area contributed by atoms with Crippen molar-refractivity contribution in [3.63, 3.8) is 0 Å². The maximum Gasteiger partial charge on any atom is 0.416 e. The van der Waals surface area contributed by atoms with Gasteiger partial charge in [-0.05, 0) is 31.9 Å². The molecule has 0 aliphatic heterocycles. The Hall–Kier alpha value is -4.40. The molecule has 1 unspecified atom stereocenters. The molecule has 204 valence electrons. The summed E-state index contributed by atoms with van der Waals surface area (Å²) >= 11 is 0. The first kappa shape index (κ1) is 26.2. The van der Waals surface area contributed by atoms with E-state index >= 15 is 0 Å². The molecule has 12 nitrogen and oxygen atoms in total. The van der Waals surface area contributed by atoms with Gasteiger partial charge in [0.05, 0.1) is 22.9 Å². The van der Waals surface area contributed by atoms with Crippen LogP contribution in [0.25, 0.3) is 16.7 Å². The lowest BCUT2D eigenvalue weighted by atomic mass is 10.0. The van der Waals surface area contributed by atoms with Crippen LogP contribution in [0.5, 0.6) is 0 Å². The van der Waals surface area contributed by atoms with Crippen molar-refractivity contribution in [3.8, 4) is 5.82 Å². The minimum Gasteiger partial charge on any atom is -0.364 e. The molecule has 2 N–H and O–H groups in total. The Morgan fingerprint density at radius 2 is 1.92 bits per heavy atom. The second-order valence-electron chi connectivity index (χ2n) is 9.24. The van der Waals surface area contributed by atoms with Crippen LogP contribution >= 0.6 is 0 Å². The highest BCUT2D eigenvalue weighted by molar-refractivity contribution is 6.06. The number of aromatic nitrogens is 7. The van der Waals surface area contributed by atoms with E-state index in [1.807, 2.05) is 0 Å². The predicted octanol–water partition coefficient (Wildman–Crippen LogP) is 2.84. The normalized spacial score (nSPS) is 14.5. The fourth-order valence-electron chi connectivity index (χ4n) is 4.43. The van der Waals surface area contributed by atoms with E-state index in [2.05, 4.69) is 25.1 Å². The van der Waals surface area contributed by atoms with Crippen molar-refractivity contribution in [1.82, 2.24) is 39.4 Å². The summed E-state index contributed by atoms with van der Waals surface area (Å²) in [6.07, 6.45) is -0.683. The topological polar surface area (TPSA) is 147 Å². The van der Waals surface area contributed by atoms with E-state index in [4.69, 9.17) is 10.5 Å². The van der Waals surface area contributed by atoms with Gasteiger partial charge >= 0.3 is 6.18 Å². The van der Waals surface area contributed by atoms with E-state index in [0.29, 0.717) is 5.69 Å². The minimum atomic E-state index is -4.68. The van der Waals surface area contributed by atoms with Crippen molar-refractivity contribution in [2.24, 2.45) is 5.73 Å². The molecule has 1 atom stereocenters. The third-order valence-corrected chi connectivity index (χ3v) is 6.63. The van der Waals surface area contributed by atoms with Gasteiger partial charge in [0.25, 0.3) is 11.8 Å². The fraction of sp³-hybridized carbons (Fsp3) is 0.375. The molecule has 1 aliphatic rings. The number of amides is 2. The number of alkyl halides is 3. The molecule has 0 saturated heterocycles. The Morgan fingerprint density at radius 1 is 1.18 bits per heavy atom. The minimum absolute atomic E-state index is 0.0388. The van der Waals surface area contributed by atoms with Crippen molar-refractivity contribution in [2.75, 3.05) is 14.2 Å².